The Morgan fingerprint density at radius 3 is 2.85 bits per heavy atom. The van der Waals surface area contributed by atoms with Crippen molar-refractivity contribution in [2.75, 3.05) is 18.2 Å². The molecule has 1 amide bonds. The van der Waals surface area contributed by atoms with Gasteiger partial charge < -0.3 is 14.6 Å². The molecule has 1 N–H and O–H groups in total. The van der Waals surface area contributed by atoms with Crippen molar-refractivity contribution < 1.29 is 9.53 Å². The number of ether oxygens (including phenoxy) is 1. The SMILES string of the molecule is COc1ccccc1-c1nnc(SCC(=O)Nc2cccc(C#N)c2)n1C. The Morgan fingerprint density at radius 2 is 2.07 bits per heavy atom. The molecular weight excluding hydrogens is 362 g/mol. The molecule has 0 aliphatic rings. The molecule has 8 heteroatoms. The van der Waals surface area contributed by atoms with Crippen molar-refractivity contribution in [3.05, 3.63) is 54.1 Å². The van der Waals surface area contributed by atoms with E-state index in [1.54, 1.807) is 31.4 Å². The average molecular weight is 379 g/mol. The number of amides is 1. The minimum Gasteiger partial charge on any atom is -0.496 e. The number of nitriles is 1. The smallest absolute Gasteiger partial charge is 0.234 e. The van der Waals surface area contributed by atoms with Crippen LogP contribution in [-0.2, 0) is 11.8 Å². The van der Waals surface area contributed by atoms with Crippen molar-refractivity contribution in [2.45, 2.75) is 5.16 Å². The number of methoxy groups -OCH3 is 1. The average Bonchev–Trinajstić information content (AvgIpc) is 3.06. The number of nitrogens with one attached hydrogen (secondary N) is 1. The van der Waals surface area contributed by atoms with Crippen LogP contribution in [0.15, 0.2) is 53.7 Å². The molecule has 0 aliphatic carbocycles. The lowest BCUT2D eigenvalue weighted by Gasteiger charge is -2.08. The van der Waals surface area contributed by atoms with Gasteiger partial charge in [0.25, 0.3) is 0 Å². The normalized spacial score (nSPS) is 10.3. The molecule has 0 aliphatic heterocycles. The van der Waals surface area contributed by atoms with Crippen LogP contribution in [0.1, 0.15) is 5.56 Å². The number of carbonyl (C=O) groups excluding carboxylic acids is 1. The third-order valence-electron chi connectivity index (χ3n) is 3.79. The summed E-state index contributed by atoms with van der Waals surface area (Å²) in [7, 11) is 3.45. The highest BCUT2D eigenvalue weighted by molar-refractivity contribution is 7.99. The largest absolute Gasteiger partial charge is 0.496 e. The maximum atomic E-state index is 12.2. The zero-order valence-corrected chi connectivity index (χ0v) is 15.7. The second kappa shape index (κ2) is 8.38. The Hall–Kier alpha value is -3.31. The first-order chi connectivity index (χ1) is 13.1. The van der Waals surface area contributed by atoms with Crippen LogP contribution in [-0.4, -0.2) is 33.5 Å². The Labute approximate surface area is 161 Å². The van der Waals surface area contributed by atoms with E-state index in [2.05, 4.69) is 15.5 Å². The lowest BCUT2D eigenvalue weighted by molar-refractivity contribution is -0.113. The second-order valence-corrected chi connectivity index (χ2v) is 6.54. The molecule has 0 bridgehead atoms. The fourth-order valence-electron chi connectivity index (χ4n) is 2.50. The Balaban J connectivity index is 1.67. The van der Waals surface area contributed by atoms with Crippen LogP contribution in [0.2, 0.25) is 0 Å². The summed E-state index contributed by atoms with van der Waals surface area (Å²) >= 11 is 1.28. The van der Waals surface area contributed by atoms with Crippen LogP contribution in [0.25, 0.3) is 11.4 Å². The van der Waals surface area contributed by atoms with Gasteiger partial charge in [-0.05, 0) is 30.3 Å². The highest BCUT2D eigenvalue weighted by Gasteiger charge is 2.15. The molecule has 27 heavy (non-hydrogen) atoms. The quantitative estimate of drug-likeness (QED) is 0.662. The molecule has 0 spiro atoms. The van der Waals surface area contributed by atoms with E-state index in [0.717, 1.165) is 5.56 Å². The van der Waals surface area contributed by atoms with E-state index >= 15 is 0 Å². The maximum absolute atomic E-state index is 12.2. The van der Waals surface area contributed by atoms with Gasteiger partial charge in [0, 0.05) is 12.7 Å². The molecule has 0 saturated heterocycles. The van der Waals surface area contributed by atoms with Gasteiger partial charge in [-0.2, -0.15) is 5.26 Å². The summed E-state index contributed by atoms with van der Waals surface area (Å²) in [6.45, 7) is 0. The first-order valence-corrected chi connectivity index (χ1v) is 9.06. The van der Waals surface area contributed by atoms with Gasteiger partial charge in [0.2, 0.25) is 5.91 Å². The predicted molar refractivity (Wildman–Crippen MR) is 104 cm³/mol. The molecule has 0 saturated carbocycles. The molecule has 3 aromatic rings. The zero-order chi connectivity index (χ0) is 19.2. The van der Waals surface area contributed by atoms with Gasteiger partial charge in [0.15, 0.2) is 11.0 Å². The summed E-state index contributed by atoms with van der Waals surface area (Å²) < 4.78 is 7.20. The van der Waals surface area contributed by atoms with Crippen molar-refractivity contribution in [1.29, 1.82) is 5.26 Å². The van der Waals surface area contributed by atoms with Gasteiger partial charge in [-0.1, -0.05) is 30.0 Å². The van der Waals surface area contributed by atoms with E-state index in [9.17, 15) is 4.79 Å². The van der Waals surface area contributed by atoms with Crippen LogP contribution in [0.5, 0.6) is 5.75 Å². The van der Waals surface area contributed by atoms with E-state index in [4.69, 9.17) is 10.00 Å². The lowest BCUT2D eigenvalue weighted by Crippen LogP contribution is -2.14. The number of hydrogen-bond acceptors (Lipinski definition) is 6. The molecule has 0 fully saturated rings. The van der Waals surface area contributed by atoms with Crippen molar-refractivity contribution in [3.63, 3.8) is 0 Å². The number of carbonyl (C=O) groups is 1. The second-order valence-electron chi connectivity index (χ2n) is 5.59. The summed E-state index contributed by atoms with van der Waals surface area (Å²) in [6.07, 6.45) is 0. The summed E-state index contributed by atoms with van der Waals surface area (Å²) in [5.41, 5.74) is 1.92. The van der Waals surface area contributed by atoms with Gasteiger partial charge in [-0.3, -0.25) is 4.79 Å². The van der Waals surface area contributed by atoms with Gasteiger partial charge >= 0.3 is 0 Å². The third-order valence-corrected chi connectivity index (χ3v) is 4.81. The van der Waals surface area contributed by atoms with Gasteiger partial charge in [-0.25, -0.2) is 0 Å². The van der Waals surface area contributed by atoms with Crippen molar-refractivity contribution in [2.24, 2.45) is 7.05 Å². The van der Waals surface area contributed by atoms with E-state index in [1.165, 1.54) is 11.8 Å². The van der Waals surface area contributed by atoms with Crippen LogP contribution < -0.4 is 10.1 Å². The predicted octanol–water partition coefficient (Wildman–Crippen LogP) is 3.09. The number of benzene rings is 2. The fourth-order valence-corrected chi connectivity index (χ4v) is 3.21. The minimum absolute atomic E-state index is 0.175. The summed E-state index contributed by atoms with van der Waals surface area (Å²) in [4.78, 5) is 12.2. The Bertz CT molecular complexity index is 1010. The summed E-state index contributed by atoms with van der Waals surface area (Å²) in [5, 5.41) is 20.7. The number of hydrogen-bond donors (Lipinski definition) is 1. The molecule has 2 aromatic carbocycles. The number of nitrogens with zero attached hydrogens (tertiary/aromatic N) is 4. The van der Waals surface area contributed by atoms with Crippen LogP contribution in [0, 0.1) is 11.3 Å². The molecule has 1 aromatic heterocycles. The van der Waals surface area contributed by atoms with Gasteiger partial charge in [0.1, 0.15) is 5.75 Å². The monoisotopic (exact) mass is 379 g/mol. The number of aromatic nitrogens is 3. The van der Waals surface area contributed by atoms with Crippen molar-refractivity contribution >= 4 is 23.4 Å². The molecule has 7 nitrogen and oxygen atoms in total. The minimum atomic E-state index is -0.183. The van der Waals surface area contributed by atoms with Crippen LogP contribution >= 0.6 is 11.8 Å². The zero-order valence-electron chi connectivity index (χ0n) is 14.8. The summed E-state index contributed by atoms with van der Waals surface area (Å²) in [6, 6.07) is 16.4. The number of anilines is 1. The molecule has 0 unspecified atom stereocenters. The van der Waals surface area contributed by atoms with Crippen molar-refractivity contribution in [3.8, 4) is 23.2 Å². The lowest BCUT2D eigenvalue weighted by atomic mass is 10.2. The number of para-hydroxylation sites is 1. The van der Waals surface area contributed by atoms with E-state index in [1.807, 2.05) is 41.9 Å². The van der Waals surface area contributed by atoms with Crippen LogP contribution in [0.4, 0.5) is 5.69 Å². The first-order valence-electron chi connectivity index (χ1n) is 8.08. The topological polar surface area (TPSA) is 92.8 Å². The van der Waals surface area contributed by atoms with E-state index in [0.29, 0.717) is 28.0 Å². The van der Waals surface area contributed by atoms with Crippen molar-refractivity contribution in [1.82, 2.24) is 14.8 Å². The van der Waals surface area contributed by atoms with Crippen LogP contribution in [0.3, 0.4) is 0 Å². The first kappa shape index (κ1) is 18.5. The molecule has 136 valence electrons. The standard InChI is InChI=1S/C19H17N5O2S/c1-24-18(15-8-3-4-9-16(15)26-2)22-23-19(24)27-12-17(25)21-14-7-5-6-13(10-14)11-20/h3-10H,12H2,1-2H3,(H,21,25). The highest BCUT2D eigenvalue weighted by Crippen LogP contribution is 2.29. The molecule has 3 rings (SSSR count). The Morgan fingerprint density at radius 1 is 1.26 bits per heavy atom. The fraction of sp³-hybridized carbons (Fsp3) is 0.158. The maximum Gasteiger partial charge on any atom is 0.234 e. The molecular formula is C19H17N5O2S. The Kier molecular flexibility index (Phi) is 5.74. The van der Waals surface area contributed by atoms with E-state index < -0.39 is 0 Å². The molecule has 0 atom stereocenters. The molecule has 0 radical (unpaired) electrons. The van der Waals surface area contributed by atoms with E-state index in [-0.39, 0.29) is 11.7 Å². The summed E-state index contributed by atoms with van der Waals surface area (Å²) in [5.74, 6) is 1.36. The number of rotatable bonds is 6. The highest BCUT2D eigenvalue weighted by atomic mass is 32.2. The molecule has 1 heterocycles. The van der Waals surface area contributed by atoms with Gasteiger partial charge in [-0.15, -0.1) is 10.2 Å². The number of thioether (sulfide) groups is 1. The van der Waals surface area contributed by atoms with Gasteiger partial charge in [0.05, 0.1) is 30.1 Å². The third kappa shape index (κ3) is 4.27.